The van der Waals surface area contributed by atoms with Crippen LogP contribution < -0.4 is 4.74 Å². The first-order valence-corrected chi connectivity index (χ1v) is 7.80. The Balaban J connectivity index is 2.18. The molecule has 0 spiro atoms. The molecule has 0 radical (unpaired) electrons. The highest BCUT2D eigenvalue weighted by Gasteiger charge is 2.30. The largest absolute Gasteiger partial charge is 0.489 e. The Morgan fingerprint density at radius 3 is 2.80 bits per heavy atom. The van der Waals surface area contributed by atoms with E-state index in [4.69, 9.17) is 4.74 Å². The van der Waals surface area contributed by atoms with Crippen LogP contribution in [0.2, 0.25) is 0 Å². The number of nitrogens with zero attached hydrogens (tertiary/aromatic N) is 1. The fourth-order valence-corrected chi connectivity index (χ4v) is 2.98. The van der Waals surface area contributed by atoms with Gasteiger partial charge in [0, 0.05) is 0 Å². The van der Waals surface area contributed by atoms with E-state index in [1.807, 2.05) is 6.07 Å². The Labute approximate surface area is 122 Å². The number of hydrogen-bond donors (Lipinski definition) is 0. The monoisotopic (exact) mass is 271 g/mol. The van der Waals surface area contributed by atoms with Crippen molar-refractivity contribution in [3.8, 4) is 11.8 Å². The third-order valence-corrected chi connectivity index (χ3v) is 4.56. The summed E-state index contributed by atoms with van der Waals surface area (Å²) in [6.07, 6.45) is 4.25. The van der Waals surface area contributed by atoms with Crippen molar-refractivity contribution < 1.29 is 4.74 Å². The van der Waals surface area contributed by atoms with Gasteiger partial charge in [0.25, 0.3) is 0 Å². The molecule has 0 saturated heterocycles. The molecule has 1 fully saturated rings. The Bertz CT molecular complexity index is 477. The van der Waals surface area contributed by atoms with Crippen LogP contribution in [-0.2, 0) is 0 Å². The van der Waals surface area contributed by atoms with Crippen LogP contribution in [0, 0.1) is 23.2 Å². The van der Waals surface area contributed by atoms with Gasteiger partial charge < -0.3 is 4.74 Å². The quantitative estimate of drug-likeness (QED) is 0.779. The molecule has 1 aliphatic rings. The molecule has 108 valence electrons. The minimum absolute atomic E-state index is 0.0381. The van der Waals surface area contributed by atoms with Gasteiger partial charge in [0.1, 0.15) is 11.9 Å². The van der Waals surface area contributed by atoms with Crippen LogP contribution in [0.3, 0.4) is 0 Å². The molecule has 1 aromatic rings. The molecule has 0 amide bonds. The van der Waals surface area contributed by atoms with Crippen molar-refractivity contribution in [3.05, 3.63) is 29.8 Å². The van der Waals surface area contributed by atoms with Gasteiger partial charge in [0.05, 0.1) is 12.0 Å². The van der Waals surface area contributed by atoms with E-state index in [1.54, 1.807) is 0 Å². The van der Waals surface area contributed by atoms with E-state index >= 15 is 0 Å². The lowest BCUT2D eigenvalue weighted by Gasteiger charge is -2.32. The fraction of sp³-hybridized carbons (Fsp3) is 0.611. The molecule has 1 saturated carbocycles. The normalized spacial score (nSPS) is 27.6. The van der Waals surface area contributed by atoms with Crippen molar-refractivity contribution in [1.29, 1.82) is 5.26 Å². The molecule has 2 nitrogen and oxygen atoms in total. The van der Waals surface area contributed by atoms with E-state index in [0.717, 1.165) is 31.4 Å². The Morgan fingerprint density at radius 1 is 1.35 bits per heavy atom. The predicted molar refractivity (Wildman–Crippen MR) is 81.7 cm³/mol. The molecule has 0 N–H and O–H groups in total. The zero-order chi connectivity index (χ0) is 14.5. The molecule has 4 atom stereocenters. The van der Waals surface area contributed by atoms with Gasteiger partial charge in [-0.1, -0.05) is 39.0 Å². The molecule has 0 aromatic heterocycles. The highest BCUT2D eigenvalue weighted by molar-refractivity contribution is 5.36. The molecule has 1 aliphatic carbocycles. The van der Waals surface area contributed by atoms with E-state index in [2.05, 4.69) is 45.0 Å². The molecule has 2 rings (SSSR count). The van der Waals surface area contributed by atoms with E-state index in [9.17, 15) is 5.26 Å². The summed E-state index contributed by atoms with van der Waals surface area (Å²) in [5.74, 6) is 2.16. The van der Waals surface area contributed by atoms with Crippen molar-refractivity contribution in [2.45, 2.75) is 58.5 Å². The summed E-state index contributed by atoms with van der Waals surface area (Å²) in [5, 5.41) is 9.32. The number of ether oxygens (including phenoxy) is 1. The maximum atomic E-state index is 9.32. The summed E-state index contributed by atoms with van der Waals surface area (Å²) in [6, 6.07) is 10.7. The van der Waals surface area contributed by atoms with Gasteiger partial charge in [-0.25, -0.2) is 0 Å². The van der Waals surface area contributed by atoms with E-state index < -0.39 is 0 Å². The number of rotatable bonds is 4. The van der Waals surface area contributed by atoms with Crippen molar-refractivity contribution in [1.82, 2.24) is 0 Å². The maximum Gasteiger partial charge on any atom is 0.123 e. The number of hydrogen-bond acceptors (Lipinski definition) is 2. The van der Waals surface area contributed by atoms with Crippen molar-refractivity contribution in [3.63, 3.8) is 0 Å². The third-order valence-electron chi connectivity index (χ3n) is 4.56. The van der Waals surface area contributed by atoms with Gasteiger partial charge in [-0.15, -0.1) is 0 Å². The van der Waals surface area contributed by atoms with Gasteiger partial charge in [0.2, 0.25) is 0 Å². The number of nitriles is 1. The van der Waals surface area contributed by atoms with Crippen LogP contribution in [0.15, 0.2) is 24.3 Å². The lowest BCUT2D eigenvalue weighted by molar-refractivity contribution is 0.0943. The standard InChI is InChI=1S/C18H25NO/c1-4-14(3)16-7-5-6-8-17(16)20-18-11-13(2)9-10-15(18)12-19/h5-8,13-15,18H,4,9-11H2,1-3H3. The molecular formula is C18H25NO. The smallest absolute Gasteiger partial charge is 0.123 e. The lowest BCUT2D eigenvalue weighted by atomic mass is 9.81. The minimum atomic E-state index is 0.0381. The average molecular weight is 271 g/mol. The van der Waals surface area contributed by atoms with Crippen LogP contribution in [0.1, 0.15) is 57.9 Å². The summed E-state index contributed by atoms with van der Waals surface area (Å²) in [6.45, 7) is 6.68. The van der Waals surface area contributed by atoms with Crippen LogP contribution in [-0.4, -0.2) is 6.10 Å². The molecule has 1 aromatic carbocycles. The Hall–Kier alpha value is -1.49. The third kappa shape index (κ3) is 3.33. The number of para-hydroxylation sites is 1. The van der Waals surface area contributed by atoms with Gasteiger partial charge in [0.15, 0.2) is 0 Å². The van der Waals surface area contributed by atoms with E-state index in [1.165, 1.54) is 5.56 Å². The SMILES string of the molecule is CCC(C)c1ccccc1OC1CC(C)CCC1C#N. The Kier molecular flexibility index (Phi) is 5.06. The summed E-state index contributed by atoms with van der Waals surface area (Å²) in [5.41, 5.74) is 1.27. The molecular weight excluding hydrogens is 246 g/mol. The number of benzene rings is 1. The van der Waals surface area contributed by atoms with Crippen LogP contribution >= 0.6 is 0 Å². The Morgan fingerprint density at radius 2 is 2.10 bits per heavy atom. The van der Waals surface area contributed by atoms with Gasteiger partial charge >= 0.3 is 0 Å². The topological polar surface area (TPSA) is 33.0 Å². The second-order valence-electron chi connectivity index (χ2n) is 6.16. The molecule has 20 heavy (non-hydrogen) atoms. The molecule has 4 unspecified atom stereocenters. The predicted octanol–water partition coefficient (Wildman–Crippen LogP) is 4.91. The van der Waals surface area contributed by atoms with Crippen LogP contribution in [0.4, 0.5) is 0 Å². The molecule has 0 heterocycles. The second-order valence-corrected chi connectivity index (χ2v) is 6.16. The van der Waals surface area contributed by atoms with Crippen LogP contribution in [0.25, 0.3) is 0 Å². The van der Waals surface area contributed by atoms with Gasteiger partial charge in [-0.2, -0.15) is 5.26 Å². The summed E-state index contributed by atoms with van der Waals surface area (Å²) in [4.78, 5) is 0. The van der Waals surface area contributed by atoms with Crippen molar-refractivity contribution in [2.24, 2.45) is 11.8 Å². The minimum Gasteiger partial charge on any atom is -0.489 e. The maximum absolute atomic E-state index is 9.32. The molecule has 0 aliphatic heterocycles. The summed E-state index contributed by atoms with van der Waals surface area (Å²) in [7, 11) is 0. The van der Waals surface area contributed by atoms with Gasteiger partial charge in [-0.05, 0) is 49.1 Å². The first-order chi connectivity index (χ1) is 9.65. The zero-order valence-corrected chi connectivity index (χ0v) is 12.8. The zero-order valence-electron chi connectivity index (χ0n) is 12.8. The second kappa shape index (κ2) is 6.79. The average Bonchev–Trinajstić information content (AvgIpc) is 2.47. The van der Waals surface area contributed by atoms with Crippen LogP contribution in [0.5, 0.6) is 5.75 Å². The van der Waals surface area contributed by atoms with E-state index in [0.29, 0.717) is 11.8 Å². The van der Waals surface area contributed by atoms with E-state index in [-0.39, 0.29) is 12.0 Å². The highest BCUT2D eigenvalue weighted by atomic mass is 16.5. The first-order valence-electron chi connectivity index (χ1n) is 7.80. The summed E-state index contributed by atoms with van der Waals surface area (Å²) < 4.78 is 6.26. The summed E-state index contributed by atoms with van der Waals surface area (Å²) >= 11 is 0. The van der Waals surface area contributed by atoms with Gasteiger partial charge in [-0.3, -0.25) is 0 Å². The fourth-order valence-electron chi connectivity index (χ4n) is 2.98. The lowest BCUT2D eigenvalue weighted by Crippen LogP contribution is -2.33. The highest BCUT2D eigenvalue weighted by Crippen LogP contribution is 2.35. The van der Waals surface area contributed by atoms with Crippen molar-refractivity contribution in [2.75, 3.05) is 0 Å². The molecule has 0 bridgehead atoms. The molecule has 2 heteroatoms. The first kappa shape index (κ1) is 14.9. The van der Waals surface area contributed by atoms with Crippen molar-refractivity contribution >= 4 is 0 Å².